The molecule has 164 valence electrons. The number of rotatable bonds is 5. The van der Waals surface area contributed by atoms with Gasteiger partial charge in [0.2, 0.25) is 5.91 Å². The molecule has 0 atom stereocenters. The van der Waals surface area contributed by atoms with E-state index in [1.54, 1.807) is 22.9 Å². The molecule has 0 aliphatic rings. The lowest BCUT2D eigenvalue weighted by molar-refractivity contribution is 0.100. The van der Waals surface area contributed by atoms with Gasteiger partial charge in [-0.1, -0.05) is 24.3 Å². The average molecular weight is 438 g/mol. The number of nitrogens with zero attached hydrogens (tertiary/aromatic N) is 4. The zero-order valence-electron chi connectivity index (χ0n) is 18.5. The number of aryl methyl sites for hydroxylation is 2. The van der Waals surface area contributed by atoms with Crippen LogP contribution < -0.4 is 11.1 Å². The number of nitrogens with two attached hydrogens (primary N) is 1. The van der Waals surface area contributed by atoms with Crippen LogP contribution in [0.25, 0.3) is 10.9 Å². The van der Waals surface area contributed by atoms with Crippen molar-refractivity contribution in [1.29, 1.82) is 5.26 Å². The summed E-state index contributed by atoms with van der Waals surface area (Å²) in [6, 6.07) is 16.2. The fourth-order valence-corrected chi connectivity index (χ4v) is 3.84. The van der Waals surface area contributed by atoms with E-state index in [9.17, 15) is 9.59 Å². The van der Waals surface area contributed by atoms with Gasteiger partial charge in [-0.25, -0.2) is 4.98 Å². The van der Waals surface area contributed by atoms with Crippen LogP contribution in [0.1, 0.15) is 48.9 Å². The summed E-state index contributed by atoms with van der Waals surface area (Å²) in [6.07, 6.45) is 0. The summed E-state index contributed by atoms with van der Waals surface area (Å²) in [4.78, 5) is 29.6. The summed E-state index contributed by atoms with van der Waals surface area (Å²) in [5.41, 5.74) is 10.9. The van der Waals surface area contributed by atoms with Gasteiger partial charge in [-0.05, 0) is 56.2 Å². The fourth-order valence-electron chi connectivity index (χ4n) is 3.84. The smallest absolute Gasteiger partial charge is 0.274 e. The van der Waals surface area contributed by atoms with Gasteiger partial charge >= 0.3 is 0 Å². The van der Waals surface area contributed by atoms with Crippen molar-refractivity contribution >= 4 is 28.4 Å². The number of fused-ring (bicyclic) bond motifs is 1. The predicted molar refractivity (Wildman–Crippen MR) is 125 cm³/mol. The normalized spacial score (nSPS) is 10.7. The van der Waals surface area contributed by atoms with E-state index in [0.29, 0.717) is 34.4 Å². The zero-order chi connectivity index (χ0) is 23.7. The van der Waals surface area contributed by atoms with E-state index in [1.165, 1.54) is 6.07 Å². The molecule has 0 unspecified atom stereocenters. The minimum Gasteiger partial charge on any atom is -0.366 e. The molecule has 2 aromatic carbocycles. The lowest BCUT2D eigenvalue weighted by atomic mass is 10.0. The van der Waals surface area contributed by atoms with Crippen molar-refractivity contribution in [1.82, 2.24) is 14.8 Å². The number of carbonyl (C=O) groups excluding carboxylic acids is 2. The van der Waals surface area contributed by atoms with Crippen molar-refractivity contribution in [2.24, 2.45) is 5.73 Å². The quantitative estimate of drug-likeness (QED) is 0.492. The number of aromatic nitrogens is 3. The molecule has 4 rings (SSSR count). The Labute approximate surface area is 190 Å². The van der Waals surface area contributed by atoms with Crippen LogP contribution in [0.2, 0.25) is 0 Å². The van der Waals surface area contributed by atoms with Crippen LogP contribution in [-0.2, 0) is 6.54 Å². The van der Waals surface area contributed by atoms with E-state index in [-0.39, 0.29) is 11.3 Å². The third kappa shape index (κ3) is 4.16. The lowest BCUT2D eigenvalue weighted by Crippen LogP contribution is -2.18. The molecule has 8 heteroatoms. The van der Waals surface area contributed by atoms with Crippen molar-refractivity contribution in [3.63, 3.8) is 0 Å². The number of pyridine rings is 1. The van der Waals surface area contributed by atoms with Crippen LogP contribution in [0.15, 0.2) is 48.5 Å². The molecule has 2 heterocycles. The first-order chi connectivity index (χ1) is 15.8. The molecule has 0 aliphatic carbocycles. The molecule has 0 spiro atoms. The van der Waals surface area contributed by atoms with Crippen molar-refractivity contribution in [3.8, 4) is 6.07 Å². The van der Waals surface area contributed by atoms with Gasteiger partial charge in [-0.15, -0.1) is 0 Å². The van der Waals surface area contributed by atoms with Crippen LogP contribution in [-0.4, -0.2) is 26.6 Å². The highest BCUT2D eigenvalue weighted by atomic mass is 16.2. The maximum atomic E-state index is 13.1. The van der Waals surface area contributed by atoms with Crippen LogP contribution in [0.3, 0.4) is 0 Å². The molecular formula is C25H22N6O2. The van der Waals surface area contributed by atoms with Gasteiger partial charge in [0.05, 0.1) is 46.3 Å². The largest absolute Gasteiger partial charge is 0.366 e. The highest BCUT2D eigenvalue weighted by molar-refractivity contribution is 6.11. The molecule has 0 aliphatic heterocycles. The number of nitrogens with one attached hydrogen (secondary N) is 1. The minimum absolute atomic E-state index is 0.0977. The number of primary amides is 1. The number of carbonyl (C=O) groups is 2. The molecule has 0 saturated heterocycles. The van der Waals surface area contributed by atoms with E-state index in [0.717, 1.165) is 16.8 Å². The fraction of sp³-hybridized carbons (Fsp3) is 0.160. The second-order valence-electron chi connectivity index (χ2n) is 7.85. The Hall–Kier alpha value is -4.51. The zero-order valence-corrected chi connectivity index (χ0v) is 18.5. The summed E-state index contributed by atoms with van der Waals surface area (Å²) in [5.74, 6) is -1.07. The summed E-state index contributed by atoms with van der Waals surface area (Å²) >= 11 is 0. The highest BCUT2D eigenvalue weighted by Crippen LogP contribution is 2.24. The summed E-state index contributed by atoms with van der Waals surface area (Å²) in [7, 11) is 0. The number of amides is 2. The number of nitriles is 1. The Morgan fingerprint density at radius 3 is 2.52 bits per heavy atom. The summed E-state index contributed by atoms with van der Waals surface area (Å²) < 4.78 is 1.79. The maximum Gasteiger partial charge on any atom is 0.274 e. The molecule has 8 nitrogen and oxygen atoms in total. The van der Waals surface area contributed by atoms with E-state index >= 15 is 0 Å². The number of hydrogen-bond acceptors (Lipinski definition) is 5. The molecule has 4 aromatic rings. The van der Waals surface area contributed by atoms with Crippen LogP contribution in [0.4, 0.5) is 5.69 Å². The van der Waals surface area contributed by atoms with Gasteiger partial charge in [0.15, 0.2) is 0 Å². The number of benzene rings is 2. The first kappa shape index (κ1) is 21.7. The standard InChI is InChI=1S/C25H22N6O2/c1-14-5-4-6-20-22(14)19(24(27)32)11-21(28-20)25(33)29-23-15(2)30-31(16(23)3)13-18-9-7-17(12-26)8-10-18/h4-11H,13H2,1-3H3,(H2,27,32)(H,29,33). The summed E-state index contributed by atoms with van der Waals surface area (Å²) in [5, 5.41) is 17.0. The molecule has 0 radical (unpaired) electrons. The van der Waals surface area contributed by atoms with E-state index < -0.39 is 11.8 Å². The first-order valence-corrected chi connectivity index (χ1v) is 10.3. The predicted octanol–water partition coefficient (Wildman–Crippen LogP) is 3.63. The van der Waals surface area contributed by atoms with E-state index in [4.69, 9.17) is 11.0 Å². The third-order valence-corrected chi connectivity index (χ3v) is 5.58. The molecule has 33 heavy (non-hydrogen) atoms. The van der Waals surface area contributed by atoms with Crippen LogP contribution in [0.5, 0.6) is 0 Å². The molecular weight excluding hydrogens is 416 g/mol. The van der Waals surface area contributed by atoms with Gasteiger partial charge in [0, 0.05) is 5.39 Å². The Balaban J connectivity index is 1.64. The van der Waals surface area contributed by atoms with Crippen molar-refractivity contribution in [2.75, 3.05) is 5.32 Å². The van der Waals surface area contributed by atoms with Crippen LogP contribution in [0, 0.1) is 32.1 Å². The Kier molecular flexibility index (Phi) is 5.63. The lowest BCUT2D eigenvalue weighted by Gasteiger charge is -2.10. The Morgan fingerprint density at radius 2 is 1.85 bits per heavy atom. The molecule has 0 fully saturated rings. The van der Waals surface area contributed by atoms with Gasteiger partial charge < -0.3 is 11.1 Å². The third-order valence-electron chi connectivity index (χ3n) is 5.58. The van der Waals surface area contributed by atoms with E-state index in [2.05, 4.69) is 21.5 Å². The summed E-state index contributed by atoms with van der Waals surface area (Å²) in [6.45, 7) is 6.04. The molecule has 0 saturated carbocycles. The molecule has 2 aromatic heterocycles. The maximum absolute atomic E-state index is 13.1. The SMILES string of the molecule is Cc1nn(Cc2ccc(C#N)cc2)c(C)c1NC(=O)c1cc(C(N)=O)c2c(C)cccc2n1. The highest BCUT2D eigenvalue weighted by Gasteiger charge is 2.19. The van der Waals surface area contributed by atoms with Gasteiger partial charge in [0.1, 0.15) is 5.69 Å². The molecule has 0 bridgehead atoms. The van der Waals surface area contributed by atoms with Gasteiger partial charge in [-0.3, -0.25) is 14.3 Å². The number of hydrogen-bond donors (Lipinski definition) is 2. The van der Waals surface area contributed by atoms with Crippen LogP contribution >= 0.6 is 0 Å². The van der Waals surface area contributed by atoms with Crippen molar-refractivity contribution < 1.29 is 9.59 Å². The topological polar surface area (TPSA) is 127 Å². The average Bonchev–Trinajstić information content (AvgIpc) is 3.06. The number of anilines is 1. The second-order valence-corrected chi connectivity index (χ2v) is 7.85. The Morgan fingerprint density at radius 1 is 1.12 bits per heavy atom. The van der Waals surface area contributed by atoms with Crippen molar-refractivity contribution in [3.05, 3.63) is 87.9 Å². The minimum atomic E-state index is -0.617. The second kappa shape index (κ2) is 8.55. The monoisotopic (exact) mass is 438 g/mol. The molecule has 2 amide bonds. The van der Waals surface area contributed by atoms with E-state index in [1.807, 2.05) is 45.0 Å². The van der Waals surface area contributed by atoms with Gasteiger partial charge in [0.25, 0.3) is 5.91 Å². The molecule has 3 N–H and O–H groups in total. The Bertz CT molecular complexity index is 1440. The first-order valence-electron chi connectivity index (χ1n) is 10.3. The van der Waals surface area contributed by atoms with Gasteiger partial charge in [-0.2, -0.15) is 10.4 Å². The van der Waals surface area contributed by atoms with Crippen molar-refractivity contribution in [2.45, 2.75) is 27.3 Å².